The number of nitrogens with zero attached hydrogens (tertiary/aromatic N) is 3. The summed E-state index contributed by atoms with van der Waals surface area (Å²) in [5, 5.41) is 7.01. The Labute approximate surface area is 289 Å². The van der Waals surface area contributed by atoms with Crippen LogP contribution in [-0.2, 0) is 26.0 Å². The largest absolute Gasteiger partial charge is 0.467 e. The van der Waals surface area contributed by atoms with Crippen LogP contribution in [0.2, 0.25) is 0 Å². The van der Waals surface area contributed by atoms with Gasteiger partial charge in [-0.25, -0.2) is 27.0 Å². The lowest BCUT2D eigenvalue weighted by Gasteiger charge is -2.19. The van der Waals surface area contributed by atoms with Crippen molar-refractivity contribution in [1.29, 1.82) is 0 Å². The van der Waals surface area contributed by atoms with Gasteiger partial charge in [-0.15, -0.1) is 0 Å². The lowest BCUT2D eigenvalue weighted by molar-refractivity contribution is -0.142. The Kier molecular flexibility index (Phi) is 9.56. The van der Waals surface area contributed by atoms with Crippen molar-refractivity contribution in [2.45, 2.75) is 31.2 Å². The number of halogens is 3. The van der Waals surface area contributed by atoms with E-state index in [9.17, 15) is 22.4 Å². The zero-order valence-corrected chi connectivity index (χ0v) is 28.0. The molecule has 0 aliphatic rings. The van der Waals surface area contributed by atoms with Gasteiger partial charge in [0.15, 0.2) is 0 Å². The second-order valence-corrected chi connectivity index (χ2v) is 13.1. The second-order valence-electron chi connectivity index (χ2n) is 11.4. The highest BCUT2D eigenvalue weighted by Crippen LogP contribution is 2.34. The van der Waals surface area contributed by atoms with Crippen molar-refractivity contribution >= 4 is 38.5 Å². The number of anilines is 1. The van der Waals surface area contributed by atoms with Gasteiger partial charge in [-0.2, -0.15) is 4.39 Å². The minimum absolute atomic E-state index is 0.126. The first-order valence-corrected chi connectivity index (χ1v) is 16.8. The van der Waals surface area contributed by atoms with Gasteiger partial charge in [-0.3, -0.25) is 14.5 Å². The van der Waals surface area contributed by atoms with Gasteiger partial charge in [0.25, 0.3) is 15.9 Å². The molecule has 1 atom stereocenters. The van der Waals surface area contributed by atoms with Crippen LogP contribution in [0.5, 0.6) is 0 Å². The third-order valence-corrected chi connectivity index (χ3v) is 9.52. The van der Waals surface area contributed by atoms with Crippen LogP contribution in [-0.4, -0.2) is 48.6 Å². The molecule has 0 saturated heterocycles. The lowest BCUT2D eigenvalue weighted by Crippen LogP contribution is -2.43. The topological polar surface area (TPSA) is 153 Å². The lowest BCUT2D eigenvalue weighted by atomic mass is 9.94. The number of aromatic nitrogens is 3. The molecule has 3 aromatic carbocycles. The zero-order chi connectivity index (χ0) is 36.4. The number of esters is 1. The van der Waals surface area contributed by atoms with Gasteiger partial charge < -0.3 is 14.6 Å². The number of hydrogen-bond acceptors (Lipinski definition) is 9. The van der Waals surface area contributed by atoms with E-state index in [1.54, 1.807) is 50.4 Å². The molecular formula is C36H28F3N5O6S. The van der Waals surface area contributed by atoms with E-state index in [-0.39, 0.29) is 11.3 Å². The average molecular weight is 716 g/mol. The Hall–Kier alpha value is -6.09. The molecule has 0 fully saturated rings. The Morgan fingerprint density at radius 2 is 1.63 bits per heavy atom. The molecule has 15 heteroatoms. The molecule has 3 aromatic heterocycles. The Balaban J connectivity index is 1.22. The van der Waals surface area contributed by atoms with E-state index in [0.717, 1.165) is 18.2 Å². The quantitative estimate of drug-likeness (QED) is 0.123. The maximum atomic E-state index is 15.3. The van der Waals surface area contributed by atoms with Gasteiger partial charge in [-0.1, -0.05) is 35.5 Å². The molecule has 0 saturated carbocycles. The minimum atomic E-state index is -4.34. The number of benzene rings is 3. The van der Waals surface area contributed by atoms with Crippen LogP contribution in [0.1, 0.15) is 27.4 Å². The van der Waals surface area contributed by atoms with Gasteiger partial charge in [-0.05, 0) is 66.9 Å². The van der Waals surface area contributed by atoms with E-state index in [0.29, 0.717) is 51.2 Å². The van der Waals surface area contributed by atoms with Gasteiger partial charge in [0.1, 0.15) is 29.0 Å². The highest BCUT2D eigenvalue weighted by molar-refractivity contribution is 7.92. The first kappa shape index (κ1) is 34.8. The van der Waals surface area contributed by atoms with E-state index < -0.39 is 56.8 Å². The minimum Gasteiger partial charge on any atom is -0.467 e. The molecule has 0 aliphatic carbocycles. The molecule has 0 aliphatic heterocycles. The predicted molar refractivity (Wildman–Crippen MR) is 180 cm³/mol. The number of carbonyl (C=O) groups excluding carboxylic acids is 2. The zero-order valence-electron chi connectivity index (χ0n) is 27.2. The van der Waals surface area contributed by atoms with Gasteiger partial charge in [0, 0.05) is 41.4 Å². The Morgan fingerprint density at radius 3 is 2.27 bits per heavy atom. The fourth-order valence-electron chi connectivity index (χ4n) is 5.74. The summed E-state index contributed by atoms with van der Waals surface area (Å²) in [6.07, 6.45) is 2.74. The number of amides is 1. The van der Waals surface area contributed by atoms with E-state index in [1.165, 1.54) is 36.5 Å². The molecule has 11 nitrogen and oxygen atoms in total. The molecule has 6 aromatic rings. The Morgan fingerprint density at radius 1 is 0.902 bits per heavy atom. The highest BCUT2D eigenvalue weighted by Gasteiger charge is 2.28. The van der Waals surface area contributed by atoms with Crippen LogP contribution >= 0.6 is 0 Å². The van der Waals surface area contributed by atoms with Crippen molar-refractivity contribution in [3.63, 3.8) is 0 Å². The smallest absolute Gasteiger partial charge is 0.328 e. The standard InChI is InChI=1S/C36H28F3N5O6S/c1-19-32(20(2)50-43-19)27-11-8-23(26-5-4-13-41-34(26)27)15-30(36(46)49-3)42-35(45)33-28(37)17-24(18-29(33)38)44-51(47,48)25-9-6-21(7-10-25)22-12-14-40-31(39)16-22/h4-14,16-18,30,44H,15H2,1-3H3,(H,42,45)/t30-/m0/s1. The van der Waals surface area contributed by atoms with E-state index >= 15 is 8.78 Å². The maximum absolute atomic E-state index is 15.3. The number of methoxy groups -OCH3 is 1. The van der Waals surface area contributed by atoms with Crippen LogP contribution in [0, 0.1) is 31.4 Å². The van der Waals surface area contributed by atoms with Crippen LogP contribution in [0.25, 0.3) is 33.2 Å². The molecule has 0 radical (unpaired) electrons. The number of fused-ring (bicyclic) bond motifs is 1. The molecule has 2 N–H and O–H groups in total. The van der Waals surface area contributed by atoms with Crippen LogP contribution in [0.15, 0.2) is 94.6 Å². The number of rotatable bonds is 10. The summed E-state index contributed by atoms with van der Waals surface area (Å²) in [5.41, 5.74) is 2.74. The maximum Gasteiger partial charge on any atom is 0.328 e. The summed E-state index contributed by atoms with van der Waals surface area (Å²) < 4.78 is 82.5. The number of carbonyl (C=O) groups is 2. The van der Waals surface area contributed by atoms with Crippen molar-refractivity contribution in [1.82, 2.24) is 20.4 Å². The molecule has 260 valence electrons. The molecular weight excluding hydrogens is 687 g/mol. The average Bonchev–Trinajstić information content (AvgIpc) is 3.44. The molecule has 1 amide bonds. The van der Waals surface area contributed by atoms with Gasteiger partial charge in [0.05, 0.1) is 28.9 Å². The predicted octanol–water partition coefficient (Wildman–Crippen LogP) is 6.30. The van der Waals surface area contributed by atoms with Crippen LogP contribution in [0.4, 0.5) is 18.9 Å². The normalized spacial score (nSPS) is 12.0. The molecule has 0 unspecified atom stereocenters. The number of nitrogens with one attached hydrogen (secondary N) is 2. The summed E-state index contributed by atoms with van der Waals surface area (Å²) in [6.45, 7) is 3.57. The van der Waals surface area contributed by atoms with Gasteiger partial charge >= 0.3 is 5.97 Å². The summed E-state index contributed by atoms with van der Waals surface area (Å²) in [6, 6.07) is 15.0. The van der Waals surface area contributed by atoms with Crippen LogP contribution < -0.4 is 10.0 Å². The third-order valence-electron chi connectivity index (χ3n) is 8.12. The third kappa shape index (κ3) is 7.14. The number of aryl methyl sites for hydroxylation is 2. The number of sulfonamides is 1. The van der Waals surface area contributed by atoms with E-state index in [4.69, 9.17) is 9.26 Å². The fraction of sp³-hybridized carbons (Fsp3) is 0.139. The van der Waals surface area contributed by atoms with Crippen LogP contribution in [0.3, 0.4) is 0 Å². The molecule has 0 spiro atoms. The summed E-state index contributed by atoms with van der Waals surface area (Å²) in [7, 11) is -3.23. The monoisotopic (exact) mass is 715 g/mol. The second kappa shape index (κ2) is 14.0. The first-order valence-electron chi connectivity index (χ1n) is 15.3. The summed E-state index contributed by atoms with van der Waals surface area (Å²) >= 11 is 0. The van der Waals surface area contributed by atoms with E-state index in [1.807, 2.05) is 0 Å². The molecule has 51 heavy (non-hydrogen) atoms. The van der Waals surface area contributed by atoms with Crippen molar-refractivity contribution in [3.05, 3.63) is 125 Å². The molecule has 6 rings (SSSR count). The van der Waals surface area contributed by atoms with Crippen molar-refractivity contribution in [2.75, 3.05) is 11.8 Å². The fourth-order valence-corrected chi connectivity index (χ4v) is 6.78. The first-order chi connectivity index (χ1) is 24.4. The Bertz CT molecular complexity index is 2380. The molecule has 0 bridgehead atoms. The van der Waals surface area contributed by atoms with E-state index in [2.05, 4.69) is 25.2 Å². The SMILES string of the molecule is COC(=O)[C@H](Cc1ccc(-c2c(C)noc2C)c2ncccc12)NC(=O)c1c(F)cc(NS(=O)(=O)c2ccc(-c3ccnc(F)c3)cc2)cc1F. The summed E-state index contributed by atoms with van der Waals surface area (Å²) in [4.78, 5) is 33.8. The highest BCUT2D eigenvalue weighted by atomic mass is 32.2. The summed E-state index contributed by atoms with van der Waals surface area (Å²) in [5.74, 6) is -5.04. The number of hydrogen-bond donors (Lipinski definition) is 2. The number of pyridine rings is 2. The number of ether oxygens (including phenoxy) is 1. The van der Waals surface area contributed by atoms with Crippen molar-refractivity contribution in [2.24, 2.45) is 0 Å². The molecule has 3 heterocycles. The van der Waals surface area contributed by atoms with Crippen molar-refractivity contribution in [3.8, 4) is 22.3 Å². The van der Waals surface area contributed by atoms with Gasteiger partial charge in [0.2, 0.25) is 5.95 Å². The van der Waals surface area contributed by atoms with Crippen molar-refractivity contribution < 1.29 is 40.4 Å².